The number of carboxylic acid groups (broad SMARTS) is 1. The Morgan fingerprint density at radius 1 is 1.24 bits per heavy atom. The molecule has 144 valence electrons. The lowest BCUT2D eigenvalue weighted by molar-refractivity contribution is -0.206. The van der Waals surface area contributed by atoms with Gasteiger partial charge in [-0.05, 0) is 19.3 Å². The maximum atomic E-state index is 12.4. The van der Waals surface area contributed by atoms with E-state index in [1.54, 1.807) is 0 Å². The lowest BCUT2D eigenvalue weighted by atomic mass is 9.84. The molecule has 1 fully saturated rings. The van der Waals surface area contributed by atoms with Gasteiger partial charge in [-0.3, -0.25) is 9.59 Å². The second-order valence-corrected chi connectivity index (χ2v) is 6.30. The first-order valence-corrected chi connectivity index (χ1v) is 8.09. The summed E-state index contributed by atoms with van der Waals surface area (Å²) >= 11 is 0. The maximum absolute atomic E-state index is 12.4. The number of nitrogens with one attached hydrogen (secondary N) is 1. The molecule has 1 amide bonds. The van der Waals surface area contributed by atoms with Crippen molar-refractivity contribution in [3.05, 3.63) is 0 Å². The Morgan fingerprint density at radius 3 is 2.28 bits per heavy atom. The van der Waals surface area contributed by atoms with Crippen LogP contribution in [0.3, 0.4) is 0 Å². The predicted molar refractivity (Wildman–Crippen MR) is 80.3 cm³/mol. The fourth-order valence-electron chi connectivity index (χ4n) is 2.81. The number of amides is 1. The molecule has 1 aliphatic rings. The molecule has 0 heterocycles. The molecular weight excluding hydrogens is 345 g/mol. The van der Waals surface area contributed by atoms with Gasteiger partial charge >= 0.3 is 18.1 Å². The highest BCUT2D eigenvalue weighted by Crippen LogP contribution is 2.28. The number of rotatable bonds is 7. The van der Waals surface area contributed by atoms with Gasteiger partial charge in [0, 0.05) is 0 Å². The highest BCUT2D eigenvalue weighted by atomic mass is 19.4. The van der Waals surface area contributed by atoms with Gasteiger partial charge in [0.1, 0.15) is 6.04 Å². The molecule has 1 rings (SSSR count). The van der Waals surface area contributed by atoms with Crippen LogP contribution >= 0.6 is 0 Å². The van der Waals surface area contributed by atoms with Crippen LogP contribution in [-0.2, 0) is 19.1 Å². The number of aliphatic carboxylic acids is 1. The van der Waals surface area contributed by atoms with Gasteiger partial charge in [0.15, 0.2) is 6.10 Å². The van der Waals surface area contributed by atoms with E-state index in [9.17, 15) is 27.6 Å². The molecule has 0 aromatic carbocycles. The van der Waals surface area contributed by atoms with Gasteiger partial charge in [0.2, 0.25) is 0 Å². The minimum absolute atomic E-state index is 0.125. The van der Waals surface area contributed by atoms with Crippen LogP contribution in [0.4, 0.5) is 13.2 Å². The predicted octanol–water partition coefficient (Wildman–Crippen LogP) is 1.35. The number of carbonyl (C=O) groups is 3. The molecule has 3 atom stereocenters. The fourth-order valence-corrected chi connectivity index (χ4v) is 2.81. The molecule has 0 bridgehead atoms. The van der Waals surface area contributed by atoms with Crippen LogP contribution in [-0.4, -0.2) is 47.3 Å². The van der Waals surface area contributed by atoms with E-state index >= 15 is 0 Å². The average Bonchev–Trinajstić information content (AvgIpc) is 2.51. The molecule has 0 aliphatic heterocycles. The van der Waals surface area contributed by atoms with Crippen molar-refractivity contribution in [2.24, 2.45) is 11.7 Å². The first kappa shape index (κ1) is 21.2. The van der Waals surface area contributed by atoms with E-state index in [1.807, 2.05) is 5.32 Å². The quantitative estimate of drug-likeness (QED) is 0.584. The largest absolute Gasteiger partial charge is 0.490 e. The molecule has 0 radical (unpaired) electrons. The lowest BCUT2D eigenvalue weighted by Crippen LogP contribution is -2.53. The Morgan fingerprint density at radius 2 is 1.80 bits per heavy atom. The standard InChI is InChI=1S/C15H23F3N2O5/c1-8(13(22)23)20-12(21)11(25-14(24)15(16,17)18)10(19)7-9-5-3-2-4-6-9/h8-11H,2-7,19H2,1H3,(H,20,21)(H,22,23)/t8?,10-,11+/m1/s1. The molecule has 25 heavy (non-hydrogen) atoms. The number of hydrogen-bond donors (Lipinski definition) is 3. The van der Waals surface area contributed by atoms with Gasteiger partial charge in [0.05, 0.1) is 6.04 Å². The summed E-state index contributed by atoms with van der Waals surface area (Å²) in [6, 6.07) is -2.52. The summed E-state index contributed by atoms with van der Waals surface area (Å²) in [6.07, 6.45) is -2.31. The number of ether oxygens (including phenoxy) is 1. The van der Waals surface area contributed by atoms with Crippen LogP contribution in [0, 0.1) is 5.92 Å². The monoisotopic (exact) mass is 368 g/mol. The van der Waals surface area contributed by atoms with Gasteiger partial charge in [0.25, 0.3) is 5.91 Å². The summed E-state index contributed by atoms with van der Waals surface area (Å²) < 4.78 is 41.6. The summed E-state index contributed by atoms with van der Waals surface area (Å²) in [5.41, 5.74) is 5.84. The van der Waals surface area contributed by atoms with Crippen LogP contribution in [0.5, 0.6) is 0 Å². The zero-order chi connectivity index (χ0) is 19.2. The van der Waals surface area contributed by atoms with Gasteiger partial charge in [-0.1, -0.05) is 32.1 Å². The molecule has 0 aromatic rings. The Bertz CT molecular complexity index is 492. The molecule has 0 spiro atoms. The zero-order valence-electron chi connectivity index (χ0n) is 13.8. The second-order valence-electron chi connectivity index (χ2n) is 6.30. The summed E-state index contributed by atoms with van der Waals surface area (Å²) in [4.78, 5) is 34.0. The molecule has 1 saturated carbocycles. The molecular formula is C15H23F3N2O5. The van der Waals surface area contributed by atoms with Crippen molar-refractivity contribution in [3.63, 3.8) is 0 Å². The van der Waals surface area contributed by atoms with Gasteiger partial charge in [-0.15, -0.1) is 0 Å². The zero-order valence-corrected chi connectivity index (χ0v) is 13.8. The Balaban J connectivity index is 2.82. The highest BCUT2D eigenvalue weighted by Gasteiger charge is 2.45. The van der Waals surface area contributed by atoms with Crippen molar-refractivity contribution in [2.75, 3.05) is 0 Å². The summed E-state index contributed by atoms with van der Waals surface area (Å²) in [5, 5.41) is 10.8. The van der Waals surface area contributed by atoms with E-state index < -0.39 is 42.2 Å². The van der Waals surface area contributed by atoms with Crippen LogP contribution in [0.2, 0.25) is 0 Å². The first-order valence-electron chi connectivity index (χ1n) is 8.09. The number of nitrogens with two attached hydrogens (primary N) is 1. The summed E-state index contributed by atoms with van der Waals surface area (Å²) in [6.45, 7) is 1.13. The summed E-state index contributed by atoms with van der Waals surface area (Å²) in [5.74, 6) is -4.94. The molecule has 7 nitrogen and oxygen atoms in total. The van der Waals surface area contributed by atoms with E-state index in [1.165, 1.54) is 0 Å². The smallest absolute Gasteiger partial charge is 0.480 e. The molecule has 1 unspecified atom stereocenters. The highest BCUT2D eigenvalue weighted by molar-refractivity contribution is 5.89. The van der Waals surface area contributed by atoms with Crippen molar-refractivity contribution in [3.8, 4) is 0 Å². The third-order valence-electron chi connectivity index (χ3n) is 4.17. The molecule has 10 heteroatoms. The number of esters is 1. The van der Waals surface area contributed by atoms with Crippen molar-refractivity contribution >= 4 is 17.8 Å². The van der Waals surface area contributed by atoms with Crippen LogP contribution in [0.15, 0.2) is 0 Å². The average molecular weight is 368 g/mol. The number of alkyl halides is 3. The van der Waals surface area contributed by atoms with E-state index in [4.69, 9.17) is 10.8 Å². The maximum Gasteiger partial charge on any atom is 0.490 e. The minimum atomic E-state index is -5.28. The van der Waals surface area contributed by atoms with Crippen LogP contribution in [0.1, 0.15) is 45.4 Å². The van der Waals surface area contributed by atoms with Gasteiger partial charge in [-0.2, -0.15) is 13.2 Å². The second kappa shape index (κ2) is 9.02. The van der Waals surface area contributed by atoms with Crippen molar-refractivity contribution in [1.29, 1.82) is 0 Å². The molecule has 0 aromatic heterocycles. The third kappa shape index (κ3) is 6.89. The minimum Gasteiger partial charge on any atom is -0.480 e. The van der Waals surface area contributed by atoms with Crippen molar-refractivity contribution < 1.29 is 37.4 Å². The first-order chi connectivity index (χ1) is 11.5. The van der Waals surface area contributed by atoms with Crippen molar-refractivity contribution in [2.45, 2.75) is 69.8 Å². The lowest BCUT2D eigenvalue weighted by Gasteiger charge is -2.29. The third-order valence-corrected chi connectivity index (χ3v) is 4.17. The van der Waals surface area contributed by atoms with Gasteiger partial charge in [-0.25, -0.2) is 4.79 Å². The van der Waals surface area contributed by atoms with Crippen LogP contribution in [0.25, 0.3) is 0 Å². The van der Waals surface area contributed by atoms with Crippen LogP contribution < -0.4 is 11.1 Å². The number of carboxylic acids is 1. The topological polar surface area (TPSA) is 119 Å². The Hall–Kier alpha value is -1.84. The van der Waals surface area contributed by atoms with Gasteiger partial charge < -0.3 is 20.9 Å². The fraction of sp³-hybridized carbons (Fsp3) is 0.800. The number of halogens is 3. The van der Waals surface area contributed by atoms with Crippen molar-refractivity contribution in [1.82, 2.24) is 5.32 Å². The molecule has 0 saturated heterocycles. The molecule has 4 N–H and O–H groups in total. The van der Waals surface area contributed by atoms with E-state index in [0.29, 0.717) is 0 Å². The molecule has 1 aliphatic carbocycles. The van der Waals surface area contributed by atoms with E-state index in [2.05, 4.69) is 4.74 Å². The Kier molecular flexibility index (Phi) is 7.65. The summed E-state index contributed by atoms with van der Waals surface area (Å²) in [7, 11) is 0. The van der Waals surface area contributed by atoms with E-state index in [-0.39, 0.29) is 12.3 Å². The normalized spacial score (nSPS) is 19.6. The number of hydrogen-bond acceptors (Lipinski definition) is 5. The van der Waals surface area contributed by atoms with E-state index in [0.717, 1.165) is 39.0 Å². The Labute approximate surface area is 143 Å². The number of carbonyl (C=O) groups excluding carboxylic acids is 2. The SMILES string of the molecule is CC(NC(=O)[C@@H](OC(=O)C(F)(F)F)[C@H](N)CC1CCCCC1)C(=O)O.